The van der Waals surface area contributed by atoms with Crippen LogP contribution in [0, 0.1) is 92.7 Å². The van der Waals surface area contributed by atoms with Crippen LogP contribution in [0.3, 0.4) is 0 Å². The molecule has 0 amide bonds. The molecular weight excluding hydrogens is 1210 g/mol. The van der Waals surface area contributed by atoms with E-state index in [4.69, 9.17) is 24.3 Å². The molecule has 8 aliphatic rings. The number of carbonyl (C=O) groups excluding carboxylic acids is 2. The number of carbonyl (C=O) groups is 2. The minimum absolute atomic E-state index is 0.0210. The Morgan fingerprint density at radius 3 is 1.40 bits per heavy atom. The zero-order valence-corrected chi connectivity index (χ0v) is 56.6. The van der Waals surface area contributed by atoms with Crippen molar-refractivity contribution in [2.45, 2.75) is 215 Å². The predicted molar refractivity (Wildman–Crippen MR) is 349 cm³/mol. The molecule has 3 aromatic heterocycles. The van der Waals surface area contributed by atoms with Gasteiger partial charge >= 0.3 is 32.7 Å². The Bertz CT molecular complexity index is 3520. The summed E-state index contributed by atoms with van der Waals surface area (Å²) in [6.07, 6.45) is 26.7. The standard InChI is InChI=1S/C70H100N8O12S2/c1-43(9-7-33-87-91(81,82)83)55-19-21-57-53-17-13-47-37-49(23-27-67(47,3)59(53)25-29-69(55,57)5)89-65(79)41-76-39-61(72-74-76)45-11-15-51-52-16-12-46(36-64(52)78(32-31-71)63(51)35-45)62-40-77(75-73-62)42-66(80)90-50-24-28-68(4)48(38-50)14-18-54-58-22-20-56(70(58,6)30-26-60(54)68)44(2)10-8-34-88-92(84,85)86/h11-12,15-16,35-36,39-40,43-44,47-50,53-60H,7-10,13-14,17-34,37-38,41-42,71H2,1-6H3,(H,81,82,83)(H,84,85,86)/t43-,44-,47-,48-,49-,50-,53+,54+,55?,56?,57+,58+,59?,60?,67?,68?,69?,70?/m1/s1. The molecule has 0 spiro atoms. The average Bonchev–Trinajstić information content (AvgIpc) is 1.32. The summed E-state index contributed by atoms with van der Waals surface area (Å²) in [6, 6.07) is 12.5. The third kappa shape index (κ3) is 12.7. The molecule has 20 nitrogen and oxygen atoms in total. The molecule has 22 heteroatoms. The number of hydrogen-bond acceptors (Lipinski definition) is 15. The van der Waals surface area contributed by atoms with E-state index in [0.717, 1.165) is 84.3 Å². The van der Waals surface area contributed by atoms with Crippen molar-refractivity contribution < 1.29 is 53.4 Å². The summed E-state index contributed by atoms with van der Waals surface area (Å²) >= 11 is 0. The predicted octanol–water partition coefficient (Wildman–Crippen LogP) is 12.9. The zero-order valence-electron chi connectivity index (χ0n) is 55.0. The van der Waals surface area contributed by atoms with E-state index in [2.05, 4.69) is 99.4 Å². The number of nitrogens with two attached hydrogens (primary N) is 1. The Labute approximate surface area is 543 Å². The molecule has 8 saturated carbocycles. The topological polar surface area (TPSA) is 272 Å². The number of esters is 2. The smallest absolute Gasteiger partial charge is 0.397 e. The lowest BCUT2D eigenvalue weighted by molar-refractivity contribution is -0.164. The van der Waals surface area contributed by atoms with Crippen LogP contribution in [0.5, 0.6) is 0 Å². The molecule has 0 saturated heterocycles. The summed E-state index contributed by atoms with van der Waals surface area (Å²) in [7, 11) is -8.82. The summed E-state index contributed by atoms with van der Waals surface area (Å²) in [5.41, 5.74) is 12.3. The van der Waals surface area contributed by atoms with E-state index >= 15 is 0 Å². The van der Waals surface area contributed by atoms with Gasteiger partial charge in [0.2, 0.25) is 0 Å². The van der Waals surface area contributed by atoms with E-state index in [9.17, 15) is 26.4 Å². The molecular formula is C70H100N8O12S2. The van der Waals surface area contributed by atoms with Gasteiger partial charge in [-0.1, -0.05) is 76.2 Å². The molecule has 8 unspecified atom stereocenters. The minimum Gasteiger partial charge on any atom is -0.461 e. The van der Waals surface area contributed by atoms with E-state index in [1.807, 2.05) is 24.5 Å². The fourth-order valence-electron chi connectivity index (χ4n) is 22.7. The highest BCUT2D eigenvalue weighted by Gasteiger charge is 2.63. The van der Waals surface area contributed by atoms with Crippen LogP contribution >= 0.6 is 0 Å². The largest absolute Gasteiger partial charge is 0.461 e. The van der Waals surface area contributed by atoms with Gasteiger partial charge in [-0.05, 0) is 246 Å². The van der Waals surface area contributed by atoms with Crippen molar-refractivity contribution in [3.63, 3.8) is 0 Å². The monoisotopic (exact) mass is 1310 g/mol. The van der Waals surface area contributed by atoms with Crippen molar-refractivity contribution in [1.82, 2.24) is 34.6 Å². The van der Waals surface area contributed by atoms with Crippen molar-refractivity contribution in [2.24, 2.45) is 98.4 Å². The van der Waals surface area contributed by atoms with Crippen molar-refractivity contribution >= 4 is 54.5 Å². The molecule has 8 aliphatic carbocycles. The quantitative estimate of drug-likeness (QED) is 0.0330. The molecule has 0 bridgehead atoms. The van der Waals surface area contributed by atoms with Crippen LogP contribution in [-0.2, 0) is 67.9 Å². The molecule has 504 valence electrons. The van der Waals surface area contributed by atoms with Gasteiger partial charge in [0.1, 0.15) is 36.7 Å². The van der Waals surface area contributed by atoms with Gasteiger partial charge in [0, 0.05) is 46.0 Å². The molecule has 4 N–H and O–H groups in total. The Kier molecular flexibility index (Phi) is 18.3. The first-order valence-electron chi connectivity index (χ1n) is 35.0. The second-order valence-corrected chi connectivity index (χ2v) is 33.5. The summed E-state index contributed by atoms with van der Waals surface area (Å²) in [5.74, 6) is 6.74. The zero-order chi connectivity index (χ0) is 64.7. The summed E-state index contributed by atoms with van der Waals surface area (Å²) in [6.45, 7) is 15.8. The van der Waals surface area contributed by atoms with Gasteiger partial charge in [-0.15, -0.1) is 10.2 Å². The maximum atomic E-state index is 13.7. The normalized spacial score (nSPS) is 35.1. The minimum atomic E-state index is -4.41. The van der Waals surface area contributed by atoms with Crippen LogP contribution in [0.25, 0.3) is 44.3 Å². The third-order valence-corrected chi connectivity index (χ3v) is 27.8. The number of nitrogens with zero attached hydrogens (tertiary/aromatic N) is 7. The van der Waals surface area contributed by atoms with Gasteiger partial charge in [0.25, 0.3) is 0 Å². The lowest BCUT2D eigenvalue weighted by Crippen LogP contribution is -2.54. The Morgan fingerprint density at radius 2 is 0.989 bits per heavy atom. The average molecular weight is 1310 g/mol. The fourth-order valence-corrected chi connectivity index (χ4v) is 23.3. The third-order valence-electron chi connectivity index (χ3n) is 26.9. The highest BCUT2D eigenvalue weighted by molar-refractivity contribution is 7.81. The molecule has 3 heterocycles. The van der Waals surface area contributed by atoms with Crippen molar-refractivity contribution in [1.29, 1.82) is 0 Å². The number of ether oxygens (including phenoxy) is 2. The van der Waals surface area contributed by atoms with Crippen molar-refractivity contribution in [2.75, 3.05) is 19.8 Å². The fraction of sp³-hybridized carbons (Fsp3) is 0.743. The first kappa shape index (κ1) is 65.8. The number of rotatable bonds is 22. The van der Waals surface area contributed by atoms with E-state index in [1.165, 1.54) is 77.0 Å². The number of hydrogen-bond donors (Lipinski definition) is 3. The molecule has 8 fully saturated rings. The maximum absolute atomic E-state index is 13.7. The highest BCUT2D eigenvalue weighted by atomic mass is 32.3. The van der Waals surface area contributed by atoms with Gasteiger partial charge in [0.05, 0.1) is 25.6 Å². The number of fused-ring (bicyclic) bond motifs is 13. The van der Waals surface area contributed by atoms with Crippen LogP contribution in [-0.4, -0.2) is 104 Å². The number of benzene rings is 2. The molecule has 18 atom stereocenters. The maximum Gasteiger partial charge on any atom is 0.397 e. The first-order chi connectivity index (χ1) is 43.8. The highest BCUT2D eigenvalue weighted by Crippen LogP contribution is 2.70. The van der Waals surface area contributed by atoms with Gasteiger partial charge in [-0.2, -0.15) is 16.8 Å². The molecule has 5 aromatic rings. The van der Waals surface area contributed by atoms with Gasteiger partial charge in [0.15, 0.2) is 0 Å². The van der Waals surface area contributed by atoms with Crippen molar-refractivity contribution in [3.8, 4) is 22.5 Å². The van der Waals surface area contributed by atoms with Crippen LogP contribution in [0.4, 0.5) is 0 Å². The van der Waals surface area contributed by atoms with Gasteiger partial charge < -0.3 is 19.8 Å². The lowest BCUT2D eigenvalue weighted by atomic mass is 9.44. The Morgan fingerprint density at radius 1 is 0.576 bits per heavy atom. The first-order valence-corrected chi connectivity index (χ1v) is 37.8. The summed E-state index contributed by atoms with van der Waals surface area (Å²) in [5, 5.41) is 20.0. The van der Waals surface area contributed by atoms with Gasteiger partial charge in [-0.25, -0.2) is 17.7 Å². The van der Waals surface area contributed by atoms with E-state index in [0.29, 0.717) is 108 Å². The van der Waals surface area contributed by atoms with E-state index in [1.54, 1.807) is 9.36 Å². The molecule has 2 aromatic carbocycles. The van der Waals surface area contributed by atoms with Crippen LogP contribution < -0.4 is 5.73 Å². The summed E-state index contributed by atoms with van der Waals surface area (Å²) < 4.78 is 89.6. The molecule has 0 radical (unpaired) electrons. The Balaban J connectivity index is 0.591. The molecule has 13 rings (SSSR count). The Hall–Kier alpha value is -4.84. The summed E-state index contributed by atoms with van der Waals surface area (Å²) in [4.78, 5) is 27.3. The van der Waals surface area contributed by atoms with Crippen LogP contribution in [0.15, 0.2) is 48.8 Å². The van der Waals surface area contributed by atoms with Crippen LogP contribution in [0.1, 0.15) is 183 Å². The van der Waals surface area contributed by atoms with Crippen LogP contribution in [0.2, 0.25) is 0 Å². The molecule has 92 heavy (non-hydrogen) atoms. The van der Waals surface area contributed by atoms with Crippen molar-refractivity contribution in [3.05, 3.63) is 48.8 Å². The second kappa shape index (κ2) is 25.6. The van der Waals surface area contributed by atoms with E-state index in [-0.39, 0.29) is 72.1 Å². The SMILES string of the molecule is C[C@H](CCCOS(=O)(=O)O)C1CC[C@H]2[C@@H]3CC[C@@H]4C[C@H](OC(=O)Cn5cc(-c6ccc7c8ccc(-c9cn(CC(=O)O[C@@H]%10CCC%11(C)C%12CCC%13(C)C([C@H](C)CCCOS(=O)(=O)O)CC[C@H]%13[C@@H]%12CC[C@@H]%11C%10)nn9)cc8n(CCN)c7c6)nn5)CCC4(C)C3CCC12C. The number of aromatic nitrogens is 7. The van der Waals surface area contributed by atoms with Gasteiger partial charge in [-0.3, -0.25) is 18.7 Å². The second-order valence-electron chi connectivity index (χ2n) is 31.3. The molecule has 0 aliphatic heterocycles. The van der Waals surface area contributed by atoms with E-state index < -0.39 is 20.8 Å². The lowest BCUT2D eigenvalue weighted by Gasteiger charge is -2.61.